The van der Waals surface area contributed by atoms with Crippen molar-refractivity contribution in [2.24, 2.45) is 0 Å². The fourth-order valence-corrected chi connectivity index (χ4v) is 2.09. The minimum Gasteiger partial charge on any atom is -0.332 e. The van der Waals surface area contributed by atoms with Gasteiger partial charge in [0.2, 0.25) is 11.6 Å². The number of para-hydroxylation sites is 1. The van der Waals surface area contributed by atoms with E-state index in [9.17, 15) is 14.5 Å². The van der Waals surface area contributed by atoms with Gasteiger partial charge in [0.05, 0.1) is 10.6 Å². The molecule has 3 aromatic rings. The van der Waals surface area contributed by atoms with Gasteiger partial charge in [-0.2, -0.15) is 0 Å². The van der Waals surface area contributed by atoms with Crippen molar-refractivity contribution in [3.8, 4) is 0 Å². The highest BCUT2D eigenvalue weighted by Gasteiger charge is 2.24. The summed E-state index contributed by atoms with van der Waals surface area (Å²) in [6.45, 7) is 1.88. The van der Waals surface area contributed by atoms with E-state index in [2.05, 4.69) is 25.6 Å². The Hall–Kier alpha value is -3.62. The summed E-state index contributed by atoms with van der Waals surface area (Å²) in [5.74, 6) is -0.329. The molecule has 0 fully saturated rings. The molecule has 2 heterocycles. The molecule has 2 aromatic heterocycles. The van der Waals surface area contributed by atoms with Gasteiger partial charge in [-0.1, -0.05) is 18.2 Å². The summed E-state index contributed by atoms with van der Waals surface area (Å²) in [7, 11) is 0. The van der Waals surface area contributed by atoms with Crippen LogP contribution >= 0.6 is 0 Å². The van der Waals surface area contributed by atoms with Gasteiger partial charge in [-0.15, -0.1) is 0 Å². The molecular weight excluding hydrogens is 327 g/mol. The molecule has 2 N–H and O–H groups in total. The Morgan fingerprint density at radius 3 is 2.40 bits per heavy atom. The van der Waals surface area contributed by atoms with Crippen molar-refractivity contribution >= 4 is 28.8 Å². The molecular formula is C16H13FN6O2. The molecule has 0 aliphatic rings. The SMILES string of the molecule is Cc1ccc(Nc2ncnc(Nc3ccccc3F)c2[N+](=O)[O-])nc1. The third-order valence-electron chi connectivity index (χ3n) is 3.29. The van der Waals surface area contributed by atoms with Crippen LogP contribution in [0.15, 0.2) is 48.9 Å². The number of hydrogen-bond donors (Lipinski definition) is 2. The van der Waals surface area contributed by atoms with Crippen molar-refractivity contribution in [3.05, 3.63) is 70.4 Å². The summed E-state index contributed by atoms with van der Waals surface area (Å²) in [6, 6.07) is 9.30. The first-order valence-electron chi connectivity index (χ1n) is 7.25. The number of nitrogens with one attached hydrogen (secondary N) is 2. The fraction of sp³-hybridized carbons (Fsp3) is 0.0625. The number of anilines is 4. The van der Waals surface area contributed by atoms with Crippen LogP contribution in [0.2, 0.25) is 0 Å². The summed E-state index contributed by atoms with van der Waals surface area (Å²) >= 11 is 0. The van der Waals surface area contributed by atoms with E-state index >= 15 is 0 Å². The average molecular weight is 340 g/mol. The predicted molar refractivity (Wildman–Crippen MR) is 90.6 cm³/mol. The van der Waals surface area contributed by atoms with Crippen LogP contribution in [0.1, 0.15) is 5.56 Å². The lowest BCUT2D eigenvalue weighted by Crippen LogP contribution is -2.06. The summed E-state index contributed by atoms with van der Waals surface area (Å²) in [5, 5.41) is 16.9. The zero-order valence-electron chi connectivity index (χ0n) is 13.1. The molecule has 0 aliphatic heterocycles. The molecule has 0 spiro atoms. The number of benzene rings is 1. The van der Waals surface area contributed by atoms with Crippen LogP contribution in [0, 0.1) is 22.9 Å². The highest BCUT2D eigenvalue weighted by molar-refractivity contribution is 5.76. The minimum atomic E-state index is -0.639. The van der Waals surface area contributed by atoms with Crippen LogP contribution < -0.4 is 10.6 Å². The summed E-state index contributed by atoms with van der Waals surface area (Å²) < 4.78 is 13.8. The van der Waals surface area contributed by atoms with Crippen LogP contribution in [0.25, 0.3) is 0 Å². The first kappa shape index (κ1) is 16.2. The van der Waals surface area contributed by atoms with Crippen molar-refractivity contribution in [2.75, 3.05) is 10.6 Å². The molecule has 1 aromatic carbocycles. The Morgan fingerprint density at radius 2 is 1.76 bits per heavy atom. The standard InChI is InChI=1S/C16H13FN6O2/c1-10-6-7-13(18-8-10)22-16-14(23(24)25)15(19-9-20-16)21-12-5-3-2-4-11(12)17/h2-9H,1H3,(H2,18,19,20,21,22). The molecule has 0 radical (unpaired) electrons. The molecule has 0 unspecified atom stereocenters. The number of rotatable bonds is 5. The number of nitrogens with zero attached hydrogens (tertiary/aromatic N) is 4. The van der Waals surface area contributed by atoms with Crippen LogP contribution in [0.4, 0.5) is 33.2 Å². The molecule has 0 atom stereocenters. The number of aromatic nitrogens is 3. The van der Waals surface area contributed by atoms with Crippen LogP contribution in [-0.2, 0) is 0 Å². The molecule has 8 nitrogen and oxygen atoms in total. The van der Waals surface area contributed by atoms with Crippen molar-refractivity contribution < 1.29 is 9.31 Å². The first-order chi connectivity index (χ1) is 12.0. The van der Waals surface area contributed by atoms with Crippen LogP contribution in [-0.4, -0.2) is 19.9 Å². The number of hydrogen-bond acceptors (Lipinski definition) is 7. The molecule has 25 heavy (non-hydrogen) atoms. The third-order valence-corrected chi connectivity index (χ3v) is 3.29. The van der Waals surface area contributed by atoms with E-state index in [1.807, 2.05) is 6.92 Å². The lowest BCUT2D eigenvalue weighted by atomic mass is 10.3. The van der Waals surface area contributed by atoms with E-state index < -0.39 is 16.4 Å². The van der Waals surface area contributed by atoms with Gasteiger partial charge in [0.1, 0.15) is 18.0 Å². The Morgan fingerprint density at radius 1 is 1.04 bits per heavy atom. The largest absolute Gasteiger partial charge is 0.353 e. The van der Waals surface area contributed by atoms with Gasteiger partial charge >= 0.3 is 5.69 Å². The Bertz CT molecular complexity index is 917. The quantitative estimate of drug-likeness (QED) is 0.538. The lowest BCUT2D eigenvalue weighted by molar-refractivity contribution is -0.383. The van der Waals surface area contributed by atoms with E-state index in [0.717, 1.165) is 11.9 Å². The molecule has 0 amide bonds. The number of halogens is 1. The van der Waals surface area contributed by atoms with E-state index in [1.54, 1.807) is 24.4 Å². The minimum absolute atomic E-state index is 0.0461. The second-order valence-corrected chi connectivity index (χ2v) is 5.13. The average Bonchev–Trinajstić information content (AvgIpc) is 2.59. The molecule has 0 aliphatic carbocycles. The maximum absolute atomic E-state index is 13.8. The number of nitro groups is 1. The first-order valence-corrected chi connectivity index (χ1v) is 7.25. The van der Waals surface area contributed by atoms with Gasteiger partial charge in [0.15, 0.2) is 0 Å². The maximum atomic E-state index is 13.8. The summed E-state index contributed by atoms with van der Waals surface area (Å²) in [6.07, 6.45) is 2.76. The number of pyridine rings is 1. The van der Waals surface area contributed by atoms with Gasteiger partial charge < -0.3 is 10.6 Å². The zero-order chi connectivity index (χ0) is 17.8. The highest BCUT2D eigenvalue weighted by Crippen LogP contribution is 2.33. The second kappa shape index (κ2) is 6.87. The van der Waals surface area contributed by atoms with Crippen molar-refractivity contribution in [2.45, 2.75) is 6.92 Å². The van der Waals surface area contributed by atoms with E-state index in [1.165, 1.54) is 18.2 Å². The van der Waals surface area contributed by atoms with Gasteiger partial charge in [-0.25, -0.2) is 19.3 Å². The van der Waals surface area contributed by atoms with E-state index in [4.69, 9.17) is 0 Å². The Labute approximate surface area is 141 Å². The normalized spacial score (nSPS) is 10.3. The highest BCUT2D eigenvalue weighted by atomic mass is 19.1. The fourth-order valence-electron chi connectivity index (χ4n) is 2.09. The maximum Gasteiger partial charge on any atom is 0.353 e. The van der Waals surface area contributed by atoms with Crippen molar-refractivity contribution in [3.63, 3.8) is 0 Å². The van der Waals surface area contributed by atoms with Crippen LogP contribution in [0.5, 0.6) is 0 Å². The second-order valence-electron chi connectivity index (χ2n) is 5.13. The zero-order valence-corrected chi connectivity index (χ0v) is 13.1. The monoisotopic (exact) mass is 340 g/mol. The van der Waals surface area contributed by atoms with Gasteiger partial charge in [-0.3, -0.25) is 10.1 Å². The molecule has 0 bridgehead atoms. The molecule has 3 rings (SSSR count). The van der Waals surface area contributed by atoms with E-state index in [0.29, 0.717) is 5.82 Å². The predicted octanol–water partition coefficient (Wildman–Crippen LogP) is 3.71. The van der Waals surface area contributed by atoms with E-state index in [-0.39, 0.29) is 17.3 Å². The van der Waals surface area contributed by atoms with Crippen molar-refractivity contribution in [1.82, 2.24) is 15.0 Å². The summed E-state index contributed by atoms with van der Waals surface area (Å²) in [4.78, 5) is 22.7. The van der Waals surface area contributed by atoms with Crippen LogP contribution in [0.3, 0.4) is 0 Å². The Kier molecular flexibility index (Phi) is 4.46. The Balaban J connectivity index is 1.98. The number of aryl methyl sites for hydroxylation is 1. The smallest absolute Gasteiger partial charge is 0.332 e. The molecule has 0 saturated heterocycles. The summed E-state index contributed by atoms with van der Waals surface area (Å²) in [5.41, 5.74) is 0.612. The van der Waals surface area contributed by atoms with Crippen molar-refractivity contribution in [1.29, 1.82) is 0 Å². The molecule has 126 valence electrons. The van der Waals surface area contributed by atoms with Gasteiger partial charge in [0, 0.05) is 6.20 Å². The lowest BCUT2D eigenvalue weighted by Gasteiger charge is -2.10. The topological polar surface area (TPSA) is 106 Å². The van der Waals surface area contributed by atoms with Gasteiger partial charge in [-0.05, 0) is 30.7 Å². The van der Waals surface area contributed by atoms with Gasteiger partial charge in [0.25, 0.3) is 0 Å². The third kappa shape index (κ3) is 3.66. The molecule has 0 saturated carbocycles. The molecule has 9 heteroatoms.